The maximum atomic E-state index is 12.5. The fourth-order valence-corrected chi connectivity index (χ4v) is 5.09. The lowest BCUT2D eigenvalue weighted by Crippen LogP contribution is -2.31. The van der Waals surface area contributed by atoms with Gasteiger partial charge in [-0.1, -0.05) is 54.6 Å². The zero-order chi connectivity index (χ0) is 27.5. The molecule has 39 heavy (non-hydrogen) atoms. The molecule has 1 saturated heterocycles. The Bertz CT molecular complexity index is 1190. The Balaban J connectivity index is 1.38. The number of carbonyl (C=O) groups excluding carboxylic acids is 2. The Labute approximate surface area is 232 Å². The molecule has 3 atom stereocenters. The first-order valence-electron chi connectivity index (χ1n) is 13.1. The van der Waals surface area contributed by atoms with Crippen LogP contribution in [0.15, 0.2) is 60.0 Å². The van der Waals surface area contributed by atoms with Gasteiger partial charge in [0.05, 0.1) is 18.8 Å². The Kier molecular flexibility index (Phi) is 10.9. The molecule has 2 heterocycles. The van der Waals surface area contributed by atoms with Gasteiger partial charge in [0.1, 0.15) is 6.33 Å². The van der Waals surface area contributed by atoms with Crippen LogP contribution in [0.4, 0.5) is 5.69 Å². The van der Waals surface area contributed by atoms with Crippen LogP contribution in [0.5, 0.6) is 0 Å². The molecule has 1 aromatic heterocycles. The normalized spacial score (nSPS) is 19.0. The third-order valence-electron chi connectivity index (χ3n) is 6.31. The number of aliphatic hydroxyl groups excluding tert-OH is 1. The van der Waals surface area contributed by atoms with Crippen LogP contribution in [0.1, 0.15) is 68.1 Å². The van der Waals surface area contributed by atoms with Crippen molar-refractivity contribution in [3.63, 3.8) is 0 Å². The summed E-state index contributed by atoms with van der Waals surface area (Å²) in [4.78, 5) is 27.6. The molecule has 1 aliphatic rings. The fraction of sp³-hybridized carbons (Fsp3) is 0.429. The summed E-state index contributed by atoms with van der Waals surface area (Å²) in [6.45, 7) is 2.12. The average molecular weight is 554 g/mol. The first kappa shape index (κ1) is 28.8. The number of H-pyrrole nitrogens is 1. The van der Waals surface area contributed by atoms with Crippen LogP contribution in [-0.4, -0.2) is 50.5 Å². The predicted molar refractivity (Wildman–Crippen MR) is 148 cm³/mol. The van der Waals surface area contributed by atoms with E-state index >= 15 is 0 Å². The summed E-state index contributed by atoms with van der Waals surface area (Å²) in [5.74, 6) is 0.572. The highest BCUT2D eigenvalue weighted by Gasteiger charge is 2.32. The van der Waals surface area contributed by atoms with Crippen molar-refractivity contribution < 1.29 is 24.2 Å². The topological polar surface area (TPSA) is 138 Å². The standard InChI is InChI=1S/C28H35N5O5S/c1-19(35)29-13-4-2-3-8-26(36)32-23-7-5-6-22(14-23)27-37-24(17-39-28-30-18-31-33-28)15-25(38-27)21-11-9-20(16-34)10-12-21/h5-7,9-12,14,18,24-25,27,34H,2-4,8,13,15-17H2,1H3,(H,29,35)(H,32,36)(H,30,31,33)/t24-,25+,27+/m1/s1. The maximum absolute atomic E-state index is 12.5. The van der Waals surface area contributed by atoms with Crippen molar-refractivity contribution in [1.29, 1.82) is 0 Å². The smallest absolute Gasteiger partial charge is 0.224 e. The van der Waals surface area contributed by atoms with Gasteiger partial charge in [0.2, 0.25) is 11.8 Å². The van der Waals surface area contributed by atoms with Crippen molar-refractivity contribution >= 4 is 29.3 Å². The Morgan fingerprint density at radius 3 is 2.69 bits per heavy atom. The number of aromatic nitrogens is 3. The molecule has 2 aromatic carbocycles. The van der Waals surface area contributed by atoms with E-state index in [2.05, 4.69) is 25.8 Å². The third-order valence-corrected chi connectivity index (χ3v) is 7.32. The van der Waals surface area contributed by atoms with E-state index in [0.29, 0.717) is 30.8 Å². The number of amides is 2. The average Bonchev–Trinajstić information content (AvgIpc) is 3.47. The van der Waals surface area contributed by atoms with Crippen LogP contribution in [0, 0.1) is 0 Å². The van der Waals surface area contributed by atoms with Crippen LogP contribution in [0.25, 0.3) is 0 Å². The maximum Gasteiger partial charge on any atom is 0.224 e. The lowest BCUT2D eigenvalue weighted by molar-refractivity contribution is -0.245. The van der Waals surface area contributed by atoms with Gasteiger partial charge in [-0.15, -0.1) is 0 Å². The van der Waals surface area contributed by atoms with Crippen molar-refractivity contribution in [3.05, 3.63) is 71.5 Å². The first-order chi connectivity index (χ1) is 19.0. The van der Waals surface area contributed by atoms with Crippen molar-refractivity contribution in [1.82, 2.24) is 20.5 Å². The van der Waals surface area contributed by atoms with Crippen molar-refractivity contribution in [2.75, 3.05) is 17.6 Å². The van der Waals surface area contributed by atoms with E-state index < -0.39 is 6.29 Å². The molecule has 0 radical (unpaired) electrons. The van der Waals surface area contributed by atoms with Crippen LogP contribution < -0.4 is 10.6 Å². The van der Waals surface area contributed by atoms with Gasteiger partial charge in [-0.05, 0) is 36.1 Å². The fourth-order valence-electron chi connectivity index (χ4n) is 4.30. The molecule has 11 heteroatoms. The van der Waals surface area contributed by atoms with Crippen molar-refractivity contribution in [3.8, 4) is 0 Å². The SMILES string of the molecule is CC(=O)NCCCCCC(=O)Nc1cccc([C@H]2O[C@@H](CSc3ncn[nH]3)C[C@@H](c3ccc(CO)cc3)O2)c1. The highest BCUT2D eigenvalue weighted by molar-refractivity contribution is 7.99. The summed E-state index contributed by atoms with van der Waals surface area (Å²) in [5, 5.41) is 22.6. The number of nitrogens with zero attached hydrogens (tertiary/aromatic N) is 2. The largest absolute Gasteiger partial charge is 0.392 e. The summed E-state index contributed by atoms with van der Waals surface area (Å²) in [5.41, 5.74) is 3.36. The number of hydrogen-bond donors (Lipinski definition) is 4. The molecular weight excluding hydrogens is 518 g/mol. The molecule has 208 valence electrons. The molecule has 0 unspecified atom stereocenters. The molecule has 0 aliphatic carbocycles. The number of thioether (sulfide) groups is 1. The monoisotopic (exact) mass is 553 g/mol. The number of nitrogens with one attached hydrogen (secondary N) is 3. The first-order valence-corrected chi connectivity index (χ1v) is 14.1. The lowest BCUT2D eigenvalue weighted by atomic mass is 10.0. The van der Waals surface area contributed by atoms with Gasteiger partial charge in [-0.25, -0.2) is 4.98 Å². The molecule has 0 spiro atoms. The second-order valence-corrected chi connectivity index (χ2v) is 10.4. The quantitative estimate of drug-likeness (QED) is 0.182. The number of unbranched alkanes of at least 4 members (excludes halogenated alkanes) is 2. The van der Waals surface area contributed by atoms with Crippen molar-refractivity contribution in [2.24, 2.45) is 0 Å². The zero-order valence-corrected chi connectivity index (χ0v) is 22.8. The number of aromatic amines is 1. The minimum Gasteiger partial charge on any atom is -0.392 e. The molecule has 4 N–H and O–H groups in total. The summed E-state index contributed by atoms with van der Waals surface area (Å²) in [7, 11) is 0. The molecule has 1 fully saturated rings. The summed E-state index contributed by atoms with van der Waals surface area (Å²) < 4.78 is 12.8. The molecule has 0 bridgehead atoms. The van der Waals surface area contributed by atoms with E-state index in [0.717, 1.165) is 41.1 Å². The van der Waals surface area contributed by atoms with E-state index in [4.69, 9.17) is 9.47 Å². The summed E-state index contributed by atoms with van der Waals surface area (Å²) in [6, 6.07) is 15.3. The van der Waals surface area contributed by atoms with Gasteiger partial charge >= 0.3 is 0 Å². The second-order valence-electron chi connectivity index (χ2n) is 9.42. The number of anilines is 1. The second kappa shape index (κ2) is 14.8. The molecule has 4 rings (SSSR count). The Morgan fingerprint density at radius 2 is 1.95 bits per heavy atom. The molecule has 3 aromatic rings. The van der Waals surface area contributed by atoms with E-state index in [1.54, 1.807) is 0 Å². The Hall–Kier alpha value is -3.25. The van der Waals surface area contributed by atoms with Crippen molar-refractivity contribution in [2.45, 2.75) is 69.3 Å². The van der Waals surface area contributed by atoms with E-state index in [1.165, 1.54) is 25.0 Å². The van der Waals surface area contributed by atoms with Gasteiger partial charge in [0.25, 0.3) is 0 Å². The minimum atomic E-state index is -0.618. The molecule has 0 saturated carbocycles. The number of aliphatic hydroxyl groups is 1. The van der Waals surface area contributed by atoms with Crippen LogP contribution in [0.3, 0.4) is 0 Å². The zero-order valence-electron chi connectivity index (χ0n) is 22.0. The Morgan fingerprint density at radius 1 is 1.10 bits per heavy atom. The van der Waals surface area contributed by atoms with E-state index in [-0.39, 0.29) is 30.6 Å². The van der Waals surface area contributed by atoms with Gasteiger partial charge in [0.15, 0.2) is 11.4 Å². The predicted octanol–water partition coefficient (Wildman–Crippen LogP) is 4.27. The van der Waals surface area contributed by atoms with Gasteiger partial charge in [-0.3, -0.25) is 14.7 Å². The van der Waals surface area contributed by atoms with Crippen LogP contribution in [-0.2, 0) is 25.7 Å². The van der Waals surface area contributed by atoms with Gasteiger partial charge in [-0.2, -0.15) is 5.10 Å². The number of hydrogen-bond acceptors (Lipinski definition) is 8. The number of carbonyl (C=O) groups is 2. The summed E-state index contributed by atoms with van der Waals surface area (Å²) >= 11 is 1.54. The van der Waals surface area contributed by atoms with Crippen LogP contribution in [0.2, 0.25) is 0 Å². The highest BCUT2D eigenvalue weighted by atomic mass is 32.2. The van der Waals surface area contributed by atoms with Crippen LogP contribution >= 0.6 is 11.8 Å². The van der Waals surface area contributed by atoms with Gasteiger partial charge < -0.3 is 25.2 Å². The van der Waals surface area contributed by atoms with E-state index in [1.807, 2.05) is 48.5 Å². The minimum absolute atomic E-state index is 0.0103. The molecule has 2 amide bonds. The molecule has 1 aliphatic heterocycles. The molecule has 10 nitrogen and oxygen atoms in total. The number of ether oxygens (including phenoxy) is 2. The number of rotatable bonds is 13. The number of benzene rings is 2. The molecular formula is C28H35N5O5S. The lowest BCUT2D eigenvalue weighted by Gasteiger charge is -2.36. The summed E-state index contributed by atoms with van der Waals surface area (Å²) in [6.07, 6.45) is 4.08. The highest BCUT2D eigenvalue weighted by Crippen LogP contribution is 2.39. The van der Waals surface area contributed by atoms with Gasteiger partial charge in [0, 0.05) is 43.3 Å². The van der Waals surface area contributed by atoms with E-state index in [9.17, 15) is 14.7 Å². The third kappa shape index (κ3) is 9.17.